The van der Waals surface area contributed by atoms with E-state index in [0.717, 1.165) is 0 Å². The molecule has 1 atom stereocenters. The molecule has 1 amide bonds. The van der Waals surface area contributed by atoms with Crippen LogP contribution in [0.25, 0.3) is 0 Å². The Morgan fingerprint density at radius 2 is 2.06 bits per heavy atom. The summed E-state index contributed by atoms with van der Waals surface area (Å²) >= 11 is 0. The van der Waals surface area contributed by atoms with Crippen LogP contribution in [-0.4, -0.2) is 40.4 Å². The number of nitrogens with one attached hydrogen (secondary N) is 1. The number of carboxylic acid groups (broad SMARTS) is 1. The van der Waals surface area contributed by atoms with Gasteiger partial charge in [-0.3, -0.25) is 4.79 Å². The fourth-order valence-electron chi connectivity index (χ4n) is 1.43. The second-order valence-corrected chi connectivity index (χ2v) is 4.03. The Morgan fingerprint density at radius 3 is 2.50 bits per heavy atom. The second kappa shape index (κ2) is 6.12. The molecule has 0 aliphatic carbocycles. The van der Waals surface area contributed by atoms with Gasteiger partial charge in [-0.2, -0.15) is 10.2 Å². The molecule has 0 aromatic rings. The number of aliphatic hydroxyl groups is 1. The number of hydrogen-bond acceptors (Lipinski definition) is 5. The summed E-state index contributed by atoms with van der Waals surface area (Å²) in [5, 5.41) is 27.3. The molecule has 0 saturated carbocycles. The van der Waals surface area contributed by atoms with Crippen LogP contribution in [0.3, 0.4) is 0 Å². The fraction of sp³-hybridized carbons (Fsp3) is 0.636. The van der Waals surface area contributed by atoms with E-state index in [9.17, 15) is 9.59 Å². The predicted molar refractivity (Wildman–Crippen MR) is 61.5 cm³/mol. The molecular formula is C11H15N3O4. The number of carboxylic acids is 1. The number of rotatable bonds is 8. The zero-order valence-electron chi connectivity index (χ0n) is 9.80. The molecule has 0 spiro atoms. The summed E-state index contributed by atoms with van der Waals surface area (Å²) < 4.78 is 0. The second-order valence-electron chi connectivity index (χ2n) is 4.03. The Labute approximate surface area is 104 Å². The van der Waals surface area contributed by atoms with Crippen molar-refractivity contribution in [3.05, 3.63) is 0 Å². The third-order valence-corrected chi connectivity index (χ3v) is 2.62. The van der Waals surface area contributed by atoms with E-state index < -0.39 is 30.2 Å². The average molecular weight is 253 g/mol. The molecule has 0 aromatic carbocycles. The van der Waals surface area contributed by atoms with Crippen molar-refractivity contribution in [2.75, 3.05) is 6.61 Å². The Balaban J connectivity index is 2.29. The first-order valence-electron chi connectivity index (χ1n) is 5.53. The topological polar surface area (TPSA) is 111 Å². The molecule has 1 aliphatic heterocycles. The molecule has 7 nitrogen and oxygen atoms in total. The molecule has 3 N–H and O–H groups in total. The van der Waals surface area contributed by atoms with Gasteiger partial charge in [0.25, 0.3) is 0 Å². The number of amides is 1. The molecule has 0 aromatic heterocycles. The molecular weight excluding hydrogens is 238 g/mol. The fourth-order valence-corrected chi connectivity index (χ4v) is 1.43. The van der Waals surface area contributed by atoms with Crippen LogP contribution in [0.5, 0.6) is 0 Å². The van der Waals surface area contributed by atoms with Gasteiger partial charge in [0.1, 0.15) is 6.04 Å². The van der Waals surface area contributed by atoms with E-state index in [-0.39, 0.29) is 6.42 Å². The van der Waals surface area contributed by atoms with Crippen molar-refractivity contribution in [3.63, 3.8) is 0 Å². The minimum absolute atomic E-state index is 0.0986. The molecule has 7 heteroatoms. The van der Waals surface area contributed by atoms with Crippen LogP contribution >= 0.6 is 0 Å². The Morgan fingerprint density at radius 1 is 1.39 bits per heavy atom. The van der Waals surface area contributed by atoms with Crippen LogP contribution < -0.4 is 5.32 Å². The molecule has 0 saturated heterocycles. The summed E-state index contributed by atoms with van der Waals surface area (Å²) in [5.41, 5.74) is -0.554. The van der Waals surface area contributed by atoms with Crippen LogP contribution in [0.4, 0.5) is 0 Å². The van der Waals surface area contributed by atoms with E-state index in [1.807, 2.05) is 0 Å². The highest BCUT2D eigenvalue weighted by molar-refractivity contribution is 5.83. The minimum Gasteiger partial charge on any atom is -0.480 e. The number of nitrogens with zero attached hydrogens (tertiary/aromatic N) is 2. The lowest BCUT2D eigenvalue weighted by molar-refractivity contribution is -0.143. The standard InChI is InChI=1S/C11H15N3O4/c1-2-3-5-11(13-14-11)6-4-9(16)12-8(7-15)10(17)18/h1,8,15H,3-7H2,(H,12,16)(H,17,18)/t8-/m0/s1. The van der Waals surface area contributed by atoms with Crippen molar-refractivity contribution in [3.8, 4) is 12.3 Å². The molecule has 0 fully saturated rings. The number of terminal acetylenes is 1. The van der Waals surface area contributed by atoms with Gasteiger partial charge in [0.05, 0.1) is 6.61 Å². The van der Waals surface area contributed by atoms with E-state index in [4.69, 9.17) is 16.6 Å². The highest BCUT2D eigenvalue weighted by Crippen LogP contribution is 2.37. The third kappa shape index (κ3) is 4.14. The van der Waals surface area contributed by atoms with Crippen molar-refractivity contribution in [1.82, 2.24) is 5.32 Å². The molecule has 0 unspecified atom stereocenters. The maximum Gasteiger partial charge on any atom is 0.328 e. The number of aliphatic hydroxyl groups excluding tert-OH is 1. The van der Waals surface area contributed by atoms with Gasteiger partial charge < -0.3 is 15.5 Å². The van der Waals surface area contributed by atoms with E-state index in [1.165, 1.54) is 0 Å². The largest absolute Gasteiger partial charge is 0.480 e. The smallest absolute Gasteiger partial charge is 0.328 e. The lowest BCUT2D eigenvalue weighted by atomic mass is 10.0. The first-order chi connectivity index (χ1) is 8.53. The zero-order chi connectivity index (χ0) is 13.6. The van der Waals surface area contributed by atoms with Crippen molar-refractivity contribution >= 4 is 11.9 Å². The molecule has 0 radical (unpaired) electrons. The number of aliphatic carboxylic acids is 1. The third-order valence-electron chi connectivity index (χ3n) is 2.62. The van der Waals surface area contributed by atoms with E-state index in [0.29, 0.717) is 19.3 Å². The summed E-state index contributed by atoms with van der Waals surface area (Å²) in [6.07, 6.45) is 6.76. The van der Waals surface area contributed by atoms with Gasteiger partial charge in [-0.05, 0) is 0 Å². The van der Waals surface area contributed by atoms with Crippen LogP contribution in [0, 0.1) is 12.3 Å². The number of carbonyl (C=O) groups is 2. The summed E-state index contributed by atoms with van der Waals surface area (Å²) in [6, 6.07) is -1.27. The quantitative estimate of drug-likeness (QED) is 0.524. The highest BCUT2D eigenvalue weighted by atomic mass is 16.4. The lowest BCUT2D eigenvalue weighted by Gasteiger charge is -2.12. The monoisotopic (exact) mass is 253 g/mol. The summed E-state index contributed by atoms with van der Waals surface area (Å²) in [7, 11) is 0. The molecule has 1 rings (SSSR count). The van der Waals surface area contributed by atoms with Gasteiger partial charge in [0.2, 0.25) is 5.91 Å². The Kier molecular flexibility index (Phi) is 4.80. The molecule has 0 bridgehead atoms. The van der Waals surface area contributed by atoms with Crippen molar-refractivity contribution in [2.24, 2.45) is 10.2 Å². The number of carbonyl (C=O) groups excluding carboxylic acids is 1. The van der Waals surface area contributed by atoms with Crippen molar-refractivity contribution in [2.45, 2.75) is 37.4 Å². The lowest BCUT2D eigenvalue weighted by Crippen LogP contribution is -2.43. The predicted octanol–water partition coefficient (Wildman–Crippen LogP) is -0.0962. The van der Waals surface area contributed by atoms with Gasteiger partial charge >= 0.3 is 5.97 Å². The van der Waals surface area contributed by atoms with Gasteiger partial charge in [-0.1, -0.05) is 0 Å². The summed E-state index contributed by atoms with van der Waals surface area (Å²) in [4.78, 5) is 22.0. The van der Waals surface area contributed by atoms with Crippen molar-refractivity contribution < 1.29 is 19.8 Å². The SMILES string of the molecule is C#CCCC1(CCC(=O)N[C@@H](CO)C(=O)O)N=N1. The molecule has 1 aliphatic rings. The molecule has 98 valence electrons. The zero-order valence-corrected chi connectivity index (χ0v) is 9.80. The van der Waals surface area contributed by atoms with Crippen LogP contribution in [0.1, 0.15) is 25.7 Å². The van der Waals surface area contributed by atoms with E-state index in [2.05, 4.69) is 21.5 Å². The van der Waals surface area contributed by atoms with Crippen LogP contribution in [0.15, 0.2) is 10.2 Å². The normalized spacial score (nSPS) is 16.7. The molecule has 18 heavy (non-hydrogen) atoms. The summed E-state index contributed by atoms with van der Waals surface area (Å²) in [5.74, 6) is 0.757. The summed E-state index contributed by atoms with van der Waals surface area (Å²) in [6.45, 7) is -0.641. The first kappa shape index (κ1) is 14.1. The van der Waals surface area contributed by atoms with E-state index >= 15 is 0 Å². The molecule has 1 heterocycles. The van der Waals surface area contributed by atoms with Crippen LogP contribution in [-0.2, 0) is 9.59 Å². The van der Waals surface area contributed by atoms with Gasteiger partial charge in [-0.25, -0.2) is 4.79 Å². The maximum absolute atomic E-state index is 11.5. The van der Waals surface area contributed by atoms with E-state index in [1.54, 1.807) is 0 Å². The number of hydrogen-bond donors (Lipinski definition) is 3. The first-order valence-corrected chi connectivity index (χ1v) is 5.53. The average Bonchev–Trinajstić information content (AvgIpc) is 3.11. The Hall–Kier alpha value is -1.94. The van der Waals surface area contributed by atoms with Gasteiger partial charge in [0, 0.05) is 25.7 Å². The van der Waals surface area contributed by atoms with Crippen molar-refractivity contribution in [1.29, 1.82) is 0 Å². The highest BCUT2D eigenvalue weighted by Gasteiger charge is 2.39. The van der Waals surface area contributed by atoms with Gasteiger partial charge in [0.15, 0.2) is 5.66 Å². The van der Waals surface area contributed by atoms with Gasteiger partial charge in [-0.15, -0.1) is 12.3 Å². The van der Waals surface area contributed by atoms with Crippen LogP contribution in [0.2, 0.25) is 0 Å². The maximum atomic E-state index is 11.5. The Bertz CT molecular complexity index is 394. The minimum atomic E-state index is -1.27.